The third-order valence-corrected chi connectivity index (χ3v) is 3.20. The Kier molecular flexibility index (Phi) is 2.92. The number of rotatable bonds is 2. The van der Waals surface area contributed by atoms with Gasteiger partial charge in [0.15, 0.2) is 0 Å². The maximum Gasteiger partial charge on any atom is 0.211 e. The molecule has 2 aromatic rings. The van der Waals surface area contributed by atoms with E-state index in [-0.39, 0.29) is 0 Å². The van der Waals surface area contributed by atoms with Crippen LogP contribution in [0.25, 0.3) is 11.3 Å². The van der Waals surface area contributed by atoms with Gasteiger partial charge in [0, 0.05) is 5.56 Å². The van der Waals surface area contributed by atoms with Crippen molar-refractivity contribution in [2.45, 2.75) is 25.3 Å². The van der Waals surface area contributed by atoms with Crippen molar-refractivity contribution in [1.82, 2.24) is 10.3 Å². The number of nitrogens with one attached hydrogen (secondary N) is 1. The lowest BCUT2D eigenvalue weighted by atomic mass is 10.1. The Morgan fingerprint density at radius 2 is 2.06 bits per heavy atom. The summed E-state index contributed by atoms with van der Waals surface area (Å²) in [5, 5.41) is 3.44. The lowest BCUT2D eigenvalue weighted by Gasteiger charge is -2.20. The van der Waals surface area contributed by atoms with Gasteiger partial charge in [0.25, 0.3) is 0 Å². The van der Waals surface area contributed by atoms with Gasteiger partial charge in [0.1, 0.15) is 12.0 Å². The van der Waals surface area contributed by atoms with E-state index >= 15 is 0 Å². The summed E-state index contributed by atoms with van der Waals surface area (Å²) in [6, 6.07) is 10.4. The molecule has 88 valence electrons. The van der Waals surface area contributed by atoms with E-state index in [2.05, 4.69) is 22.4 Å². The zero-order valence-corrected chi connectivity index (χ0v) is 9.73. The number of benzene rings is 1. The van der Waals surface area contributed by atoms with Gasteiger partial charge < -0.3 is 9.73 Å². The predicted molar refractivity (Wildman–Crippen MR) is 66.5 cm³/mol. The summed E-state index contributed by atoms with van der Waals surface area (Å²) in [4.78, 5) is 4.58. The third kappa shape index (κ3) is 2.24. The molecule has 1 aromatic heterocycles. The van der Waals surface area contributed by atoms with E-state index in [9.17, 15) is 0 Å². The van der Waals surface area contributed by atoms with Gasteiger partial charge >= 0.3 is 0 Å². The second kappa shape index (κ2) is 4.72. The summed E-state index contributed by atoms with van der Waals surface area (Å²) in [6.07, 6.45) is 5.37. The van der Waals surface area contributed by atoms with Crippen molar-refractivity contribution in [2.24, 2.45) is 0 Å². The van der Waals surface area contributed by atoms with Crippen LogP contribution in [0.4, 0.5) is 0 Å². The molecule has 1 N–H and O–H groups in total. The minimum Gasteiger partial charge on any atom is -0.447 e. The lowest BCUT2D eigenvalue weighted by Crippen LogP contribution is -2.26. The quantitative estimate of drug-likeness (QED) is 0.858. The van der Waals surface area contributed by atoms with Gasteiger partial charge in [-0.15, -0.1) is 0 Å². The lowest BCUT2D eigenvalue weighted by molar-refractivity contribution is 0.338. The fourth-order valence-corrected chi connectivity index (χ4v) is 2.25. The minimum absolute atomic E-state index is 0.293. The summed E-state index contributed by atoms with van der Waals surface area (Å²) in [7, 11) is 0. The van der Waals surface area contributed by atoms with Crippen LogP contribution in [0.1, 0.15) is 31.2 Å². The number of aromatic nitrogens is 1. The van der Waals surface area contributed by atoms with Gasteiger partial charge in [0.2, 0.25) is 5.89 Å². The fourth-order valence-electron chi connectivity index (χ4n) is 2.25. The molecule has 0 spiro atoms. The van der Waals surface area contributed by atoms with E-state index in [0.29, 0.717) is 6.04 Å². The number of hydrogen-bond acceptors (Lipinski definition) is 3. The standard InChI is InChI=1S/C14H16N2O/c1-2-6-11(7-3-1)13-10-17-14(16-13)12-8-4-5-9-15-12/h1-3,6-7,10,12,15H,4-5,8-9H2. The molecular formula is C14H16N2O. The molecule has 1 saturated heterocycles. The van der Waals surface area contributed by atoms with Crippen LogP contribution in [0.15, 0.2) is 41.0 Å². The molecule has 0 amide bonds. The van der Waals surface area contributed by atoms with Gasteiger partial charge in [-0.2, -0.15) is 0 Å². The zero-order chi connectivity index (χ0) is 11.5. The predicted octanol–water partition coefficient (Wildman–Crippen LogP) is 3.16. The number of oxazole rings is 1. The van der Waals surface area contributed by atoms with Crippen molar-refractivity contribution in [3.8, 4) is 11.3 Å². The third-order valence-electron chi connectivity index (χ3n) is 3.20. The van der Waals surface area contributed by atoms with Crippen LogP contribution in [0.3, 0.4) is 0 Å². The van der Waals surface area contributed by atoms with E-state index < -0.39 is 0 Å². The van der Waals surface area contributed by atoms with Crippen molar-refractivity contribution in [3.05, 3.63) is 42.5 Å². The first-order chi connectivity index (χ1) is 8.43. The molecule has 1 unspecified atom stereocenters. The first-order valence-corrected chi connectivity index (χ1v) is 6.18. The Morgan fingerprint density at radius 3 is 2.82 bits per heavy atom. The molecule has 1 atom stereocenters. The van der Waals surface area contributed by atoms with Crippen molar-refractivity contribution in [3.63, 3.8) is 0 Å². The molecule has 3 nitrogen and oxygen atoms in total. The highest BCUT2D eigenvalue weighted by atomic mass is 16.3. The molecule has 2 heterocycles. The highest BCUT2D eigenvalue weighted by Crippen LogP contribution is 2.25. The van der Waals surface area contributed by atoms with E-state index in [1.54, 1.807) is 6.26 Å². The van der Waals surface area contributed by atoms with Crippen molar-refractivity contribution in [2.75, 3.05) is 6.54 Å². The van der Waals surface area contributed by atoms with E-state index in [1.807, 2.05) is 18.2 Å². The van der Waals surface area contributed by atoms with E-state index in [1.165, 1.54) is 12.8 Å². The maximum absolute atomic E-state index is 5.58. The Hall–Kier alpha value is -1.61. The SMILES string of the molecule is c1ccc(-c2coc(C3CCCCN3)n2)cc1. The zero-order valence-electron chi connectivity index (χ0n) is 9.73. The van der Waals surface area contributed by atoms with Crippen LogP contribution in [-0.4, -0.2) is 11.5 Å². The normalized spacial score (nSPS) is 20.4. The maximum atomic E-state index is 5.58. The average molecular weight is 228 g/mol. The van der Waals surface area contributed by atoms with Gasteiger partial charge in [0.05, 0.1) is 6.04 Å². The molecular weight excluding hydrogens is 212 g/mol. The molecule has 1 aliphatic rings. The molecule has 17 heavy (non-hydrogen) atoms. The fraction of sp³-hybridized carbons (Fsp3) is 0.357. The van der Waals surface area contributed by atoms with Crippen LogP contribution < -0.4 is 5.32 Å². The van der Waals surface area contributed by atoms with Crippen molar-refractivity contribution < 1.29 is 4.42 Å². The summed E-state index contributed by atoms with van der Waals surface area (Å²) >= 11 is 0. The van der Waals surface area contributed by atoms with Gasteiger partial charge in [-0.25, -0.2) is 4.98 Å². The Labute approximate surface area is 101 Å². The molecule has 0 aliphatic carbocycles. The summed E-state index contributed by atoms with van der Waals surface area (Å²) in [5.74, 6) is 0.823. The summed E-state index contributed by atoms with van der Waals surface area (Å²) in [5.41, 5.74) is 2.03. The second-order valence-electron chi connectivity index (χ2n) is 4.44. The van der Waals surface area contributed by atoms with Gasteiger partial charge in [-0.05, 0) is 19.4 Å². The second-order valence-corrected chi connectivity index (χ2v) is 4.44. The molecule has 1 fully saturated rings. The molecule has 3 heteroatoms. The van der Waals surface area contributed by atoms with Crippen molar-refractivity contribution >= 4 is 0 Å². The Bertz CT molecular complexity index is 472. The first kappa shape index (κ1) is 10.5. The minimum atomic E-state index is 0.293. The van der Waals surface area contributed by atoms with Crippen LogP contribution in [-0.2, 0) is 0 Å². The Morgan fingerprint density at radius 1 is 1.18 bits per heavy atom. The number of hydrogen-bond donors (Lipinski definition) is 1. The summed E-state index contributed by atoms with van der Waals surface area (Å²) < 4.78 is 5.58. The monoisotopic (exact) mass is 228 g/mol. The van der Waals surface area contributed by atoms with Crippen LogP contribution in [0, 0.1) is 0 Å². The highest BCUT2D eigenvalue weighted by Gasteiger charge is 2.19. The first-order valence-electron chi connectivity index (χ1n) is 6.18. The van der Waals surface area contributed by atoms with Crippen molar-refractivity contribution in [1.29, 1.82) is 0 Å². The highest BCUT2D eigenvalue weighted by molar-refractivity contribution is 5.57. The van der Waals surface area contributed by atoms with Crippen LogP contribution in [0.2, 0.25) is 0 Å². The van der Waals surface area contributed by atoms with E-state index in [0.717, 1.165) is 30.1 Å². The molecule has 0 saturated carbocycles. The van der Waals surface area contributed by atoms with Crippen LogP contribution in [0.5, 0.6) is 0 Å². The molecule has 1 aliphatic heterocycles. The average Bonchev–Trinajstić information content (AvgIpc) is 2.90. The molecule has 1 aromatic carbocycles. The largest absolute Gasteiger partial charge is 0.447 e. The summed E-state index contributed by atoms with van der Waals surface area (Å²) in [6.45, 7) is 1.06. The molecule has 3 rings (SSSR count). The Balaban J connectivity index is 1.83. The van der Waals surface area contributed by atoms with Gasteiger partial charge in [-0.3, -0.25) is 0 Å². The smallest absolute Gasteiger partial charge is 0.211 e. The number of nitrogens with zero attached hydrogens (tertiary/aromatic N) is 1. The van der Waals surface area contributed by atoms with Gasteiger partial charge in [-0.1, -0.05) is 36.8 Å². The van der Waals surface area contributed by atoms with Crippen LogP contribution >= 0.6 is 0 Å². The number of piperidine rings is 1. The van der Waals surface area contributed by atoms with E-state index in [4.69, 9.17) is 4.42 Å². The molecule has 0 radical (unpaired) electrons. The topological polar surface area (TPSA) is 38.1 Å². The molecule has 0 bridgehead atoms.